The van der Waals surface area contributed by atoms with Crippen molar-refractivity contribution in [3.05, 3.63) is 18.4 Å². The molecule has 0 aliphatic heterocycles. The monoisotopic (exact) mass is 153 g/mol. The van der Waals surface area contributed by atoms with Crippen LogP contribution in [0.2, 0.25) is 0 Å². The maximum absolute atomic E-state index is 5.35. The number of nitrogens with zero attached hydrogens (tertiary/aromatic N) is 1. The Labute approximate surface area is 58.3 Å². The number of hydrogen-bond acceptors (Lipinski definition) is 2. The minimum atomic E-state index is 0. The van der Waals surface area contributed by atoms with Gasteiger partial charge in [-0.25, -0.2) is 4.98 Å². The maximum Gasteiger partial charge on any atom is 0.180 e. The molecule has 0 aliphatic rings. The molecule has 1 rings (SSSR count). The average molecular weight is 154 g/mol. The Kier molecular flexibility index (Phi) is 3.65. The molecule has 1 aromatic rings. The van der Waals surface area contributed by atoms with E-state index in [1.165, 1.54) is 12.7 Å². The quantitative estimate of drug-likeness (QED) is 0.576. The van der Waals surface area contributed by atoms with E-state index in [4.69, 9.17) is 11.6 Å². The summed E-state index contributed by atoms with van der Waals surface area (Å²) in [6, 6.07) is 0. The highest BCUT2D eigenvalue weighted by molar-refractivity contribution is 6.16. The highest BCUT2D eigenvalue weighted by Gasteiger charge is 1.87. The Morgan fingerprint density at radius 3 is 2.75 bits per heavy atom. The molecule has 8 heavy (non-hydrogen) atoms. The zero-order chi connectivity index (χ0) is 5.11. The lowest BCUT2D eigenvalue weighted by Gasteiger charge is -1.73. The first-order valence-electron chi connectivity index (χ1n) is 1.86. The fraction of sp³-hybridized carbons (Fsp3) is 0.250. The first kappa shape index (κ1) is 7.79. The Morgan fingerprint density at radius 2 is 2.50 bits per heavy atom. The van der Waals surface area contributed by atoms with Gasteiger partial charge in [-0.15, -0.1) is 24.0 Å². The number of oxazole rings is 1. The van der Waals surface area contributed by atoms with E-state index in [9.17, 15) is 0 Å². The van der Waals surface area contributed by atoms with Gasteiger partial charge in [-0.3, -0.25) is 0 Å². The Morgan fingerprint density at radius 1 is 1.75 bits per heavy atom. The SMILES string of the molecule is Cl.ClCc1cocn1. The highest BCUT2D eigenvalue weighted by Crippen LogP contribution is 1.96. The van der Waals surface area contributed by atoms with Crippen molar-refractivity contribution in [2.75, 3.05) is 0 Å². The van der Waals surface area contributed by atoms with Crippen molar-refractivity contribution in [1.29, 1.82) is 0 Å². The molecule has 0 atom stereocenters. The van der Waals surface area contributed by atoms with Gasteiger partial charge in [0, 0.05) is 0 Å². The predicted molar refractivity (Wildman–Crippen MR) is 33.3 cm³/mol. The third-order valence-corrected chi connectivity index (χ3v) is 0.894. The van der Waals surface area contributed by atoms with Gasteiger partial charge in [-0.05, 0) is 0 Å². The maximum atomic E-state index is 5.35. The second kappa shape index (κ2) is 3.75. The van der Waals surface area contributed by atoms with Crippen molar-refractivity contribution in [2.24, 2.45) is 0 Å². The van der Waals surface area contributed by atoms with Crippen LogP contribution in [-0.2, 0) is 5.88 Å². The van der Waals surface area contributed by atoms with Crippen molar-refractivity contribution >= 4 is 24.0 Å². The third-order valence-electron chi connectivity index (χ3n) is 0.620. The van der Waals surface area contributed by atoms with Crippen LogP contribution in [0.5, 0.6) is 0 Å². The molecule has 4 heteroatoms. The largest absolute Gasteiger partial charge is 0.451 e. The molecule has 0 aromatic carbocycles. The molecule has 0 aliphatic carbocycles. The summed E-state index contributed by atoms with van der Waals surface area (Å²) in [6.07, 6.45) is 2.88. The van der Waals surface area contributed by atoms with Gasteiger partial charge in [-0.1, -0.05) is 0 Å². The molecule has 0 fully saturated rings. The molecule has 1 aromatic heterocycles. The molecular weight excluding hydrogens is 149 g/mol. The van der Waals surface area contributed by atoms with Gasteiger partial charge < -0.3 is 4.42 Å². The average Bonchev–Trinajstić information content (AvgIpc) is 2.14. The number of hydrogen-bond donors (Lipinski definition) is 0. The Balaban J connectivity index is 0.000000490. The van der Waals surface area contributed by atoms with E-state index in [2.05, 4.69) is 9.40 Å². The van der Waals surface area contributed by atoms with Crippen LogP contribution >= 0.6 is 24.0 Å². The number of aromatic nitrogens is 1. The summed E-state index contributed by atoms with van der Waals surface area (Å²) >= 11 is 5.35. The zero-order valence-electron chi connectivity index (χ0n) is 4.00. The first-order chi connectivity index (χ1) is 3.43. The van der Waals surface area contributed by atoms with Gasteiger partial charge in [0.05, 0.1) is 11.6 Å². The Bertz CT molecular complexity index is 129. The van der Waals surface area contributed by atoms with Crippen LogP contribution in [0.15, 0.2) is 17.1 Å². The molecule has 0 saturated carbocycles. The minimum Gasteiger partial charge on any atom is -0.451 e. The fourth-order valence-electron chi connectivity index (χ4n) is 0.304. The molecule has 0 bridgehead atoms. The zero-order valence-corrected chi connectivity index (χ0v) is 5.58. The van der Waals surface area contributed by atoms with Crippen LogP contribution in [0.3, 0.4) is 0 Å². The van der Waals surface area contributed by atoms with E-state index in [0.29, 0.717) is 5.88 Å². The lowest BCUT2D eigenvalue weighted by Crippen LogP contribution is -1.70. The summed E-state index contributed by atoms with van der Waals surface area (Å²) in [5.41, 5.74) is 0.779. The van der Waals surface area contributed by atoms with Crippen LogP contribution in [0.4, 0.5) is 0 Å². The normalized spacial score (nSPS) is 8.12. The van der Waals surface area contributed by atoms with Gasteiger partial charge in [0.1, 0.15) is 6.26 Å². The minimum absolute atomic E-state index is 0. The molecule has 0 spiro atoms. The number of halogens is 2. The van der Waals surface area contributed by atoms with E-state index in [-0.39, 0.29) is 12.4 Å². The van der Waals surface area contributed by atoms with E-state index >= 15 is 0 Å². The standard InChI is InChI=1S/C4H4ClNO.ClH/c5-1-4-2-7-3-6-4;/h2-3H,1H2;1H. The van der Waals surface area contributed by atoms with E-state index in [1.54, 1.807) is 0 Å². The van der Waals surface area contributed by atoms with Gasteiger partial charge in [0.25, 0.3) is 0 Å². The summed E-state index contributed by atoms with van der Waals surface area (Å²) in [4.78, 5) is 3.74. The third kappa shape index (κ3) is 1.72. The van der Waals surface area contributed by atoms with Crippen LogP contribution in [0.1, 0.15) is 5.69 Å². The molecule has 0 amide bonds. The van der Waals surface area contributed by atoms with E-state index in [0.717, 1.165) is 5.69 Å². The lowest BCUT2D eigenvalue weighted by atomic mass is 10.6. The summed E-state index contributed by atoms with van der Waals surface area (Å²) in [5, 5.41) is 0. The smallest absolute Gasteiger partial charge is 0.180 e. The second-order valence-electron chi connectivity index (χ2n) is 1.11. The molecule has 1 heterocycles. The van der Waals surface area contributed by atoms with Crippen LogP contribution in [0.25, 0.3) is 0 Å². The van der Waals surface area contributed by atoms with Crippen molar-refractivity contribution < 1.29 is 4.42 Å². The van der Waals surface area contributed by atoms with Crippen LogP contribution in [-0.4, -0.2) is 4.98 Å². The summed E-state index contributed by atoms with van der Waals surface area (Å²) < 4.78 is 4.61. The molecule has 0 unspecified atom stereocenters. The molecule has 0 radical (unpaired) electrons. The predicted octanol–water partition coefficient (Wildman–Crippen LogP) is 1.84. The molecule has 46 valence electrons. The van der Waals surface area contributed by atoms with Crippen LogP contribution in [0, 0.1) is 0 Å². The summed E-state index contributed by atoms with van der Waals surface area (Å²) in [6.45, 7) is 0. The molecule has 2 nitrogen and oxygen atoms in total. The van der Waals surface area contributed by atoms with E-state index < -0.39 is 0 Å². The number of alkyl halides is 1. The van der Waals surface area contributed by atoms with Gasteiger partial charge in [0.2, 0.25) is 0 Å². The van der Waals surface area contributed by atoms with Gasteiger partial charge in [-0.2, -0.15) is 0 Å². The van der Waals surface area contributed by atoms with Crippen molar-refractivity contribution in [3.8, 4) is 0 Å². The summed E-state index contributed by atoms with van der Waals surface area (Å²) in [7, 11) is 0. The molecule has 0 N–H and O–H groups in total. The van der Waals surface area contributed by atoms with Crippen molar-refractivity contribution in [3.63, 3.8) is 0 Å². The molecule has 0 saturated heterocycles. The van der Waals surface area contributed by atoms with Crippen LogP contribution < -0.4 is 0 Å². The fourth-order valence-corrected chi connectivity index (χ4v) is 0.436. The lowest BCUT2D eigenvalue weighted by molar-refractivity contribution is 0.557. The molecular formula is C4H5Cl2NO. The van der Waals surface area contributed by atoms with Crippen molar-refractivity contribution in [1.82, 2.24) is 4.98 Å². The summed E-state index contributed by atoms with van der Waals surface area (Å²) in [5.74, 6) is 0.427. The topological polar surface area (TPSA) is 26.0 Å². The Hall–Kier alpha value is -0.210. The first-order valence-corrected chi connectivity index (χ1v) is 2.40. The number of rotatable bonds is 1. The van der Waals surface area contributed by atoms with Gasteiger partial charge in [0.15, 0.2) is 6.39 Å². The highest BCUT2D eigenvalue weighted by atomic mass is 35.5. The van der Waals surface area contributed by atoms with Crippen molar-refractivity contribution in [2.45, 2.75) is 5.88 Å². The second-order valence-corrected chi connectivity index (χ2v) is 1.38. The van der Waals surface area contributed by atoms with Gasteiger partial charge >= 0.3 is 0 Å². The van der Waals surface area contributed by atoms with E-state index in [1.807, 2.05) is 0 Å².